The molecule has 0 bridgehead atoms. The minimum Gasteiger partial charge on any atom is -0.383 e. The molecule has 4 nitrogen and oxygen atoms in total. The van der Waals surface area contributed by atoms with E-state index >= 15 is 0 Å². The van der Waals surface area contributed by atoms with E-state index in [-0.39, 0.29) is 18.1 Å². The molecule has 2 N–H and O–H groups in total. The summed E-state index contributed by atoms with van der Waals surface area (Å²) in [5.74, 6) is -0.768. The molecule has 0 aliphatic carbocycles. The molecule has 1 aliphatic rings. The highest BCUT2D eigenvalue weighted by Crippen LogP contribution is 2.38. The normalized spacial score (nSPS) is 19.0. The zero-order valence-corrected chi connectivity index (χ0v) is 11.3. The Bertz CT molecular complexity index is 545. The quantitative estimate of drug-likeness (QED) is 0.867. The maximum Gasteiger partial charge on any atom is 0.416 e. The van der Waals surface area contributed by atoms with E-state index in [9.17, 15) is 17.6 Å². The van der Waals surface area contributed by atoms with Crippen LogP contribution in [0, 0.1) is 5.82 Å². The van der Waals surface area contributed by atoms with Gasteiger partial charge >= 0.3 is 6.18 Å². The van der Waals surface area contributed by atoms with E-state index in [0.29, 0.717) is 19.2 Å². The maximum absolute atomic E-state index is 13.2. The largest absolute Gasteiger partial charge is 0.416 e. The van der Waals surface area contributed by atoms with Gasteiger partial charge in [-0.25, -0.2) is 4.39 Å². The number of halogens is 4. The van der Waals surface area contributed by atoms with Crippen molar-refractivity contribution in [1.82, 2.24) is 4.90 Å². The van der Waals surface area contributed by atoms with Gasteiger partial charge in [0.15, 0.2) is 5.96 Å². The van der Waals surface area contributed by atoms with Gasteiger partial charge in [-0.2, -0.15) is 13.2 Å². The van der Waals surface area contributed by atoms with E-state index in [4.69, 9.17) is 10.5 Å². The Balaban J connectivity index is 2.37. The van der Waals surface area contributed by atoms with Crippen LogP contribution in [0.1, 0.15) is 17.2 Å². The minimum atomic E-state index is -4.64. The summed E-state index contributed by atoms with van der Waals surface area (Å²) >= 11 is 0. The third-order valence-corrected chi connectivity index (χ3v) is 3.31. The predicted octanol–water partition coefficient (Wildman–Crippen LogP) is 2.16. The zero-order chi connectivity index (χ0) is 15.6. The van der Waals surface area contributed by atoms with Crippen molar-refractivity contribution in [2.24, 2.45) is 10.7 Å². The van der Waals surface area contributed by atoms with Gasteiger partial charge in [0, 0.05) is 13.7 Å². The Morgan fingerprint density at radius 2 is 2.14 bits per heavy atom. The van der Waals surface area contributed by atoms with Crippen LogP contribution in [0.15, 0.2) is 23.2 Å². The van der Waals surface area contributed by atoms with Gasteiger partial charge in [0.2, 0.25) is 0 Å². The first-order valence-corrected chi connectivity index (χ1v) is 6.26. The number of benzene rings is 1. The van der Waals surface area contributed by atoms with Gasteiger partial charge in [0.05, 0.1) is 24.8 Å². The van der Waals surface area contributed by atoms with Crippen molar-refractivity contribution in [3.8, 4) is 0 Å². The Morgan fingerprint density at radius 3 is 2.76 bits per heavy atom. The fourth-order valence-electron chi connectivity index (χ4n) is 2.32. The van der Waals surface area contributed by atoms with Crippen molar-refractivity contribution in [2.75, 3.05) is 26.8 Å². The van der Waals surface area contributed by atoms with E-state index in [1.807, 2.05) is 0 Å². The summed E-state index contributed by atoms with van der Waals surface area (Å²) in [6, 6.07) is 1.97. The van der Waals surface area contributed by atoms with Gasteiger partial charge in [-0.1, -0.05) is 6.07 Å². The van der Waals surface area contributed by atoms with Gasteiger partial charge in [0.1, 0.15) is 5.82 Å². The standard InChI is InChI=1S/C13H15F4N3O/c1-21-5-4-20-11(7-19-12(20)18)9-3-2-8(14)6-10(9)13(15,16)17/h2-3,6,11H,4-5,7H2,1H3,(H2,18,19). The molecule has 0 fully saturated rings. The second kappa shape index (κ2) is 5.88. The second-order valence-electron chi connectivity index (χ2n) is 4.63. The highest BCUT2D eigenvalue weighted by molar-refractivity contribution is 5.80. The molecule has 8 heteroatoms. The molecular formula is C13H15F4N3O. The van der Waals surface area contributed by atoms with E-state index in [1.165, 1.54) is 12.0 Å². The number of hydrogen-bond acceptors (Lipinski definition) is 4. The fraction of sp³-hybridized carbons (Fsp3) is 0.462. The molecule has 1 aromatic rings. The number of guanidine groups is 1. The number of ether oxygens (including phenoxy) is 1. The van der Waals surface area contributed by atoms with Gasteiger partial charge in [-0.3, -0.25) is 4.99 Å². The van der Waals surface area contributed by atoms with Crippen LogP contribution in [-0.4, -0.2) is 37.7 Å². The molecule has 2 rings (SSSR count). The van der Waals surface area contributed by atoms with Crippen LogP contribution in [0.4, 0.5) is 17.6 Å². The first-order valence-electron chi connectivity index (χ1n) is 6.26. The summed E-state index contributed by atoms with van der Waals surface area (Å²) in [7, 11) is 1.48. The Kier molecular flexibility index (Phi) is 4.36. The minimum absolute atomic E-state index is 0.0378. The van der Waals surface area contributed by atoms with Gasteiger partial charge in [-0.05, 0) is 17.7 Å². The second-order valence-corrected chi connectivity index (χ2v) is 4.63. The number of hydrogen-bond donors (Lipinski definition) is 1. The summed E-state index contributed by atoms with van der Waals surface area (Å²) < 4.78 is 57.3. The van der Waals surface area contributed by atoms with Crippen LogP contribution in [-0.2, 0) is 10.9 Å². The fourth-order valence-corrected chi connectivity index (χ4v) is 2.32. The van der Waals surface area contributed by atoms with Crippen LogP contribution in [0.2, 0.25) is 0 Å². The number of rotatable bonds is 4. The molecule has 0 saturated heterocycles. The molecule has 116 valence electrons. The molecule has 21 heavy (non-hydrogen) atoms. The Labute approximate surface area is 119 Å². The summed E-state index contributed by atoms with van der Waals surface area (Å²) in [6.45, 7) is 0.713. The Morgan fingerprint density at radius 1 is 1.43 bits per heavy atom. The first kappa shape index (κ1) is 15.6. The third kappa shape index (κ3) is 3.26. The molecular weight excluding hydrogens is 290 g/mol. The maximum atomic E-state index is 13.2. The van der Waals surface area contributed by atoms with Crippen LogP contribution < -0.4 is 5.73 Å². The average Bonchev–Trinajstić information content (AvgIpc) is 2.76. The molecule has 1 aromatic carbocycles. The molecule has 0 aromatic heterocycles. The molecule has 0 spiro atoms. The number of alkyl halides is 3. The number of aliphatic imine (C=N–C) groups is 1. The van der Waals surface area contributed by atoms with Crippen LogP contribution in [0.25, 0.3) is 0 Å². The van der Waals surface area contributed by atoms with Crippen molar-refractivity contribution in [1.29, 1.82) is 0 Å². The van der Waals surface area contributed by atoms with Gasteiger partial charge in [0.25, 0.3) is 0 Å². The summed E-state index contributed by atoms with van der Waals surface area (Å²) in [5.41, 5.74) is 4.66. The molecule has 1 atom stereocenters. The summed E-state index contributed by atoms with van der Waals surface area (Å²) in [6.07, 6.45) is -4.64. The van der Waals surface area contributed by atoms with Crippen LogP contribution >= 0.6 is 0 Å². The molecule has 1 aliphatic heterocycles. The van der Waals surface area contributed by atoms with Gasteiger partial charge < -0.3 is 15.4 Å². The van der Waals surface area contributed by atoms with Crippen molar-refractivity contribution in [2.45, 2.75) is 12.2 Å². The third-order valence-electron chi connectivity index (χ3n) is 3.31. The van der Waals surface area contributed by atoms with Crippen molar-refractivity contribution >= 4 is 5.96 Å². The lowest BCUT2D eigenvalue weighted by Gasteiger charge is -2.28. The highest BCUT2D eigenvalue weighted by atomic mass is 19.4. The predicted molar refractivity (Wildman–Crippen MR) is 69.2 cm³/mol. The highest BCUT2D eigenvalue weighted by Gasteiger charge is 2.38. The Hall–Kier alpha value is -1.83. The smallest absolute Gasteiger partial charge is 0.383 e. The molecule has 1 heterocycles. The van der Waals surface area contributed by atoms with Crippen LogP contribution in [0.5, 0.6) is 0 Å². The average molecular weight is 305 g/mol. The molecule has 0 amide bonds. The van der Waals surface area contributed by atoms with Gasteiger partial charge in [-0.15, -0.1) is 0 Å². The lowest BCUT2D eigenvalue weighted by atomic mass is 9.99. The van der Waals surface area contributed by atoms with E-state index in [0.717, 1.165) is 12.1 Å². The van der Waals surface area contributed by atoms with Crippen LogP contribution in [0.3, 0.4) is 0 Å². The number of nitrogens with zero attached hydrogens (tertiary/aromatic N) is 2. The SMILES string of the molecule is COCCN1C(N)=NCC1c1ccc(F)cc1C(F)(F)F. The summed E-state index contributed by atoms with van der Waals surface area (Å²) in [4.78, 5) is 5.51. The zero-order valence-electron chi connectivity index (χ0n) is 11.3. The monoisotopic (exact) mass is 305 g/mol. The number of methoxy groups -OCH3 is 1. The van der Waals surface area contributed by atoms with Crippen molar-refractivity contribution in [3.63, 3.8) is 0 Å². The summed E-state index contributed by atoms with van der Waals surface area (Å²) in [5, 5.41) is 0. The lowest BCUT2D eigenvalue weighted by Crippen LogP contribution is -2.39. The van der Waals surface area contributed by atoms with Crippen molar-refractivity contribution < 1.29 is 22.3 Å². The molecule has 0 radical (unpaired) electrons. The molecule has 0 saturated carbocycles. The molecule has 1 unspecified atom stereocenters. The topological polar surface area (TPSA) is 50.9 Å². The lowest BCUT2D eigenvalue weighted by molar-refractivity contribution is -0.138. The van der Waals surface area contributed by atoms with Crippen molar-refractivity contribution in [3.05, 3.63) is 35.1 Å². The number of nitrogens with two attached hydrogens (primary N) is 1. The van der Waals surface area contributed by atoms with E-state index in [2.05, 4.69) is 4.99 Å². The van der Waals surface area contributed by atoms with E-state index in [1.54, 1.807) is 0 Å². The first-order chi connectivity index (χ1) is 9.84. The van der Waals surface area contributed by atoms with E-state index < -0.39 is 23.6 Å².